The lowest BCUT2D eigenvalue weighted by molar-refractivity contribution is -0.129. The summed E-state index contributed by atoms with van der Waals surface area (Å²) in [7, 11) is 0. The Morgan fingerprint density at radius 3 is 3.00 bits per heavy atom. The molecular formula is C9H10F2N2O3. The molecule has 1 aliphatic rings. The Bertz CT molecular complexity index is 375. The molecule has 0 aromatic carbocycles. The molecule has 1 unspecified atom stereocenters. The van der Waals surface area contributed by atoms with Gasteiger partial charge in [-0.3, -0.25) is 4.79 Å². The maximum atomic E-state index is 12.0. The fraction of sp³-hybridized carbons (Fsp3) is 0.667. The number of aromatic nitrogens is 2. The predicted molar refractivity (Wildman–Crippen MR) is 46.9 cm³/mol. The second kappa shape index (κ2) is 4.65. The summed E-state index contributed by atoms with van der Waals surface area (Å²) in [6, 6.07) is 0. The smallest absolute Gasteiger partial charge is 0.296 e. The summed E-state index contributed by atoms with van der Waals surface area (Å²) in [6.07, 6.45) is -2.08. The number of nitrogens with zero attached hydrogens (tertiary/aromatic N) is 2. The SMILES string of the molecule is O=C(Cc1nc(C2CCCO2)no1)C(F)F. The molecule has 0 N–H and O–H groups in total. The minimum Gasteiger partial charge on any atom is -0.370 e. The van der Waals surface area contributed by atoms with Crippen molar-refractivity contribution in [3.8, 4) is 0 Å². The maximum absolute atomic E-state index is 12.0. The van der Waals surface area contributed by atoms with E-state index in [-0.39, 0.29) is 12.0 Å². The Kier molecular flexibility index (Phi) is 3.23. The Morgan fingerprint density at radius 1 is 1.56 bits per heavy atom. The van der Waals surface area contributed by atoms with Crippen molar-refractivity contribution in [3.05, 3.63) is 11.7 Å². The van der Waals surface area contributed by atoms with Crippen molar-refractivity contribution in [1.29, 1.82) is 0 Å². The molecule has 0 amide bonds. The van der Waals surface area contributed by atoms with E-state index < -0.39 is 18.6 Å². The van der Waals surface area contributed by atoms with Crippen LogP contribution >= 0.6 is 0 Å². The van der Waals surface area contributed by atoms with Gasteiger partial charge >= 0.3 is 0 Å². The highest BCUT2D eigenvalue weighted by Gasteiger charge is 2.25. The number of hydrogen-bond acceptors (Lipinski definition) is 5. The molecule has 5 nitrogen and oxygen atoms in total. The Labute approximate surface area is 89.8 Å². The van der Waals surface area contributed by atoms with E-state index in [1.54, 1.807) is 0 Å². The van der Waals surface area contributed by atoms with Gasteiger partial charge < -0.3 is 9.26 Å². The van der Waals surface area contributed by atoms with Crippen LogP contribution in [0.15, 0.2) is 4.52 Å². The van der Waals surface area contributed by atoms with Gasteiger partial charge in [0.1, 0.15) is 6.10 Å². The zero-order valence-electron chi connectivity index (χ0n) is 8.36. The first-order valence-electron chi connectivity index (χ1n) is 4.92. The third-order valence-electron chi connectivity index (χ3n) is 2.27. The van der Waals surface area contributed by atoms with Crippen LogP contribution in [-0.4, -0.2) is 29.0 Å². The molecule has 0 spiro atoms. The van der Waals surface area contributed by atoms with E-state index in [1.165, 1.54) is 0 Å². The van der Waals surface area contributed by atoms with E-state index in [4.69, 9.17) is 9.26 Å². The van der Waals surface area contributed by atoms with Crippen molar-refractivity contribution in [1.82, 2.24) is 10.1 Å². The average Bonchev–Trinajstić information content (AvgIpc) is 2.85. The summed E-state index contributed by atoms with van der Waals surface area (Å²) in [5.41, 5.74) is 0. The number of carbonyl (C=O) groups excluding carboxylic acids is 1. The molecule has 1 aliphatic heterocycles. The van der Waals surface area contributed by atoms with Gasteiger partial charge in [0.25, 0.3) is 6.43 Å². The van der Waals surface area contributed by atoms with E-state index in [0.717, 1.165) is 12.8 Å². The summed E-state index contributed by atoms with van der Waals surface area (Å²) in [4.78, 5) is 14.6. The number of ether oxygens (including phenoxy) is 1. The number of Topliss-reactive ketones (excluding diaryl/α,β-unsaturated/α-hetero) is 1. The minimum absolute atomic E-state index is 0.0872. The van der Waals surface area contributed by atoms with E-state index in [2.05, 4.69) is 10.1 Å². The molecule has 2 rings (SSSR count). The van der Waals surface area contributed by atoms with Crippen LogP contribution in [0, 0.1) is 0 Å². The van der Waals surface area contributed by atoms with Gasteiger partial charge in [-0.15, -0.1) is 0 Å². The van der Waals surface area contributed by atoms with Crippen LogP contribution in [0.25, 0.3) is 0 Å². The number of hydrogen-bond donors (Lipinski definition) is 0. The van der Waals surface area contributed by atoms with E-state index in [0.29, 0.717) is 12.4 Å². The monoisotopic (exact) mass is 232 g/mol. The summed E-state index contributed by atoms with van der Waals surface area (Å²) in [5, 5.41) is 3.60. The fourth-order valence-electron chi connectivity index (χ4n) is 1.48. The molecule has 1 aromatic rings. The largest absolute Gasteiger partial charge is 0.370 e. The number of carbonyl (C=O) groups is 1. The van der Waals surface area contributed by atoms with Gasteiger partial charge in [-0.25, -0.2) is 8.78 Å². The van der Waals surface area contributed by atoms with Gasteiger partial charge in [-0.05, 0) is 12.8 Å². The first kappa shape index (κ1) is 11.1. The normalized spacial score (nSPS) is 20.6. The third kappa shape index (κ3) is 2.41. The summed E-state index contributed by atoms with van der Waals surface area (Å²) >= 11 is 0. The second-order valence-electron chi connectivity index (χ2n) is 3.49. The highest BCUT2D eigenvalue weighted by molar-refractivity contribution is 5.82. The molecule has 0 bridgehead atoms. The number of ketones is 1. The second-order valence-corrected chi connectivity index (χ2v) is 3.49. The zero-order valence-corrected chi connectivity index (χ0v) is 8.36. The first-order valence-corrected chi connectivity index (χ1v) is 4.92. The molecule has 7 heteroatoms. The van der Waals surface area contributed by atoms with Crippen molar-refractivity contribution in [2.24, 2.45) is 0 Å². The van der Waals surface area contributed by atoms with Gasteiger partial charge in [-0.2, -0.15) is 4.98 Å². The van der Waals surface area contributed by atoms with Crippen molar-refractivity contribution >= 4 is 5.78 Å². The van der Waals surface area contributed by atoms with Gasteiger partial charge in [0, 0.05) is 6.61 Å². The van der Waals surface area contributed by atoms with Gasteiger partial charge in [-0.1, -0.05) is 5.16 Å². The molecule has 1 fully saturated rings. The van der Waals surface area contributed by atoms with E-state index in [9.17, 15) is 13.6 Å². The van der Waals surface area contributed by atoms with Crippen LogP contribution in [0.5, 0.6) is 0 Å². The van der Waals surface area contributed by atoms with Gasteiger partial charge in [0.15, 0.2) is 0 Å². The zero-order chi connectivity index (χ0) is 11.5. The molecule has 2 heterocycles. The number of alkyl halides is 2. The van der Waals surface area contributed by atoms with Crippen LogP contribution in [-0.2, 0) is 16.0 Å². The van der Waals surface area contributed by atoms with Crippen LogP contribution in [0.1, 0.15) is 30.7 Å². The van der Waals surface area contributed by atoms with E-state index in [1.807, 2.05) is 0 Å². The van der Waals surface area contributed by atoms with Crippen LogP contribution in [0.4, 0.5) is 8.78 Å². The molecule has 1 saturated heterocycles. The lowest BCUT2D eigenvalue weighted by atomic mass is 10.2. The topological polar surface area (TPSA) is 65.2 Å². The number of rotatable bonds is 4. The number of halogens is 2. The van der Waals surface area contributed by atoms with Crippen LogP contribution in [0.2, 0.25) is 0 Å². The van der Waals surface area contributed by atoms with Gasteiger partial charge in [0.2, 0.25) is 17.5 Å². The maximum Gasteiger partial charge on any atom is 0.296 e. The predicted octanol–water partition coefficient (Wildman–Crippen LogP) is 1.30. The quantitative estimate of drug-likeness (QED) is 0.782. The van der Waals surface area contributed by atoms with Crippen molar-refractivity contribution in [2.75, 3.05) is 6.61 Å². The standard InChI is InChI=1S/C9H10F2N2O3/c10-8(11)5(14)4-7-12-9(13-16-7)6-2-1-3-15-6/h6,8H,1-4H2. The Balaban J connectivity index is 1.99. The summed E-state index contributed by atoms with van der Waals surface area (Å²) < 4.78 is 33.9. The van der Waals surface area contributed by atoms with E-state index >= 15 is 0 Å². The highest BCUT2D eigenvalue weighted by atomic mass is 19.3. The van der Waals surface area contributed by atoms with Gasteiger partial charge in [0.05, 0.1) is 6.42 Å². The van der Waals surface area contributed by atoms with Crippen molar-refractivity contribution < 1.29 is 22.8 Å². The highest BCUT2D eigenvalue weighted by Crippen LogP contribution is 2.26. The first-order chi connectivity index (χ1) is 7.66. The fourth-order valence-corrected chi connectivity index (χ4v) is 1.48. The van der Waals surface area contributed by atoms with Crippen molar-refractivity contribution in [3.63, 3.8) is 0 Å². The molecule has 0 saturated carbocycles. The molecular weight excluding hydrogens is 222 g/mol. The van der Waals surface area contributed by atoms with Crippen LogP contribution in [0.3, 0.4) is 0 Å². The summed E-state index contributed by atoms with van der Waals surface area (Å²) in [6.45, 7) is 0.629. The minimum atomic E-state index is -3.00. The molecule has 0 radical (unpaired) electrons. The lowest BCUT2D eigenvalue weighted by Gasteiger charge is -2.00. The Morgan fingerprint density at radius 2 is 2.38 bits per heavy atom. The van der Waals surface area contributed by atoms with Crippen molar-refractivity contribution in [2.45, 2.75) is 31.8 Å². The Hall–Kier alpha value is -1.37. The van der Waals surface area contributed by atoms with Crippen LogP contribution < -0.4 is 0 Å². The molecule has 88 valence electrons. The average molecular weight is 232 g/mol. The lowest BCUT2D eigenvalue weighted by Crippen LogP contribution is -2.13. The summed E-state index contributed by atoms with van der Waals surface area (Å²) in [5.74, 6) is -0.979. The molecule has 1 atom stereocenters. The molecule has 16 heavy (non-hydrogen) atoms. The third-order valence-corrected chi connectivity index (χ3v) is 2.27. The molecule has 1 aromatic heterocycles. The molecule has 0 aliphatic carbocycles.